The van der Waals surface area contributed by atoms with Crippen LogP contribution in [0, 0.1) is 11.3 Å². The van der Waals surface area contributed by atoms with Crippen LogP contribution in [0.5, 0.6) is 0 Å². The van der Waals surface area contributed by atoms with Crippen LogP contribution in [-0.4, -0.2) is 36.5 Å². The molecule has 0 heterocycles. The van der Waals surface area contributed by atoms with Gasteiger partial charge in [-0.15, -0.1) is 0 Å². The Labute approximate surface area is 63.2 Å². The van der Waals surface area contributed by atoms with E-state index in [4.69, 9.17) is 10.4 Å². The smallest absolute Gasteiger partial charge is 0.262 e. The van der Waals surface area contributed by atoms with Crippen LogP contribution in [0.4, 0.5) is 0 Å². The van der Waals surface area contributed by atoms with Crippen molar-refractivity contribution in [3.63, 3.8) is 0 Å². The molecule has 1 N–H and O–H groups in total. The van der Waals surface area contributed by atoms with Crippen molar-refractivity contribution in [1.29, 1.82) is 5.26 Å². The molecule has 1 atom stereocenters. The van der Waals surface area contributed by atoms with E-state index in [9.17, 15) is 9.59 Å². The molecule has 1 unspecified atom stereocenters. The standard InChI is InChI=1S/C6H7NO4/c7-3-5(10)6(4-9)11-2-1-8/h1,6,9H,2,4H2. The van der Waals surface area contributed by atoms with Crippen LogP contribution in [-0.2, 0) is 14.3 Å². The largest absolute Gasteiger partial charge is 0.393 e. The summed E-state index contributed by atoms with van der Waals surface area (Å²) in [6.45, 7) is -0.876. The number of aliphatic hydroxyl groups excluding tert-OH is 1. The monoisotopic (exact) mass is 157 g/mol. The Balaban J connectivity index is 3.86. The number of Topliss-reactive ketones (excluding diaryl/α,β-unsaturated/α-hetero) is 1. The summed E-state index contributed by atoms with van der Waals surface area (Å²) < 4.78 is 4.50. The van der Waals surface area contributed by atoms with Crippen LogP contribution in [0.1, 0.15) is 0 Å². The van der Waals surface area contributed by atoms with E-state index < -0.39 is 18.5 Å². The van der Waals surface area contributed by atoms with Crippen LogP contribution < -0.4 is 0 Å². The molecule has 0 radical (unpaired) electrons. The van der Waals surface area contributed by atoms with Crippen LogP contribution in [0.15, 0.2) is 0 Å². The number of carbonyl (C=O) groups is 2. The van der Waals surface area contributed by atoms with E-state index >= 15 is 0 Å². The van der Waals surface area contributed by atoms with Gasteiger partial charge in [-0.2, -0.15) is 5.26 Å². The van der Waals surface area contributed by atoms with Gasteiger partial charge in [0.2, 0.25) is 0 Å². The number of hydrogen-bond donors (Lipinski definition) is 1. The maximum Gasteiger partial charge on any atom is 0.262 e. The summed E-state index contributed by atoms with van der Waals surface area (Å²) in [6.07, 6.45) is -0.752. The summed E-state index contributed by atoms with van der Waals surface area (Å²) in [6, 6.07) is 1.29. The molecule has 5 heteroatoms. The lowest BCUT2D eigenvalue weighted by atomic mass is 10.2. The third-order valence-corrected chi connectivity index (χ3v) is 0.934. The van der Waals surface area contributed by atoms with E-state index in [1.54, 1.807) is 0 Å². The second-order valence-corrected chi connectivity index (χ2v) is 1.65. The molecule has 0 aromatic heterocycles. The van der Waals surface area contributed by atoms with Gasteiger partial charge in [0.05, 0.1) is 6.61 Å². The average molecular weight is 157 g/mol. The first kappa shape index (κ1) is 9.75. The molecule has 60 valence electrons. The van der Waals surface area contributed by atoms with Gasteiger partial charge in [-0.1, -0.05) is 0 Å². The predicted molar refractivity (Wildman–Crippen MR) is 33.5 cm³/mol. The van der Waals surface area contributed by atoms with Gasteiger partial charge in [0, 0.05) is 0 Å². The van der Waals surface area contributed by atoms with Gasteiger partial charge in [-0.05, 0) is 0 Å². The average Bonchev–Trinajstić information content (AvgIpc) is 2.05. The number of ether oxygens (including phenoxy) is 1. The van der Waals surface area contributed by atoms with Gasteiger partial charge in [-0.3, -0.25) is 4.79 Å². The number of nitriles is 1. The molecule has 5 nitrogen and oxygen atoms in total. The Bertz CT molecular complexity index is 184. The van der Waals surface area contributed by atoms with Gasteiger partial charge in [0.25, 0.3) is 5.78 Å². The van der Waals surface area contributed by atoms with Crippen LogP contribution >= 0.6 is 0 Å². The molecular weight excluding hydrogens is 150 g/mol. The first-order valence-electron chi connectivity index (χ1n) is 2.86. The van der Waals surface area contributed by atoms with Crippen molar-refractivity contribution >= 4 is 12.1 Å². The third-order valence-electron chi connectivity index (χ3n) is 0.934. The van der Waals surface area contributed by atoms with Gasteiger partial charge < -0.3 is 14.6 Å². The summed E-state index contributed by atoms with van der Waals surface area (Å²) >= 11 is 0. The van der Waals surface area contributed by atoms with E-state index in [1.165, 1.54) is 6.07 Å². The Morgan fingerprint density at radius 2 is 2.45 bits per heavy atom. The van der Waals surface area contributed by atoms with Crippen LogP contribution in [0.2, 0.25) is 0 Å². The maximum absolute atomic E-state index is 10.5. The fourth-order valence-electron chi connectivity index (χ4n) is 0.439. The number of aldehydes is 1. The minimum absolute atomic E-state index is 0.293. The van der Waals surface area contributed by atoms with E-state index in [1.807, 2.05) is 0 Å². The van der Waals surface area contributed by atoms with Crippen molar-refractivity contribution in [3.05, 3.63) is 0 Å². The number of carbonyl (C=O) groups excluding carboxylic acids is 2. The zero-order valence-electron chi connectivity index (χ0n) is 5.69. The Kier molecular flexibility index (Phi) is 4.90. The number of ketones is 1. The molecule has 0 spiro atoms. The molecule has 0 aliphatic heterocycles. The van der Waals surface area contributed by atoms with Gasteiger partial charge in [-0.25, -0.2) is 0 Å². The van der Waals surface area contributed by atoms with Crippen molar-refractivity contribution in [2.75, 3.05) is 13.2 Å². The molecular formula is C6H7NO4. The van der Waals surface area contributed by atoms with E-state index in [0.29, 0.717) is 6.29 Å². The highest BCUT2D eigenvalue weighted by atomic mass is 16.5. The minimum atomic E-state index is -1.19. The lowest BCUT2D eigenvalue weighted by Crippen LogP contribution is -2.27. The summed E-state index contributed by atoms with van der Waals surface area (Å²) in [5.74, 6) is -0.880. The van der Waals surface area contributed by atoms with E-state index in [0.717, 1.165) is 0 Å². The zero-order chi connectivity index (χ0) is 8.69. The first-order chi connectivity index (χ1) is 5.26. The third kappa shape index (κ3) is 3.45. The second-order valence-electron chi connectivity index (χ2n) is 1.65. The Morgan fingerprint density at radius 1 is 1.82 bits per heavy atom. The van der Waals surface area contributed by atoms with Crippen molar-refractivity contribution in [1.82, 2.24) is 0 Å². The van der Waals surface area contributed by atoms with Crippen LogP contribution in [0.3, 0.4) is 0 Å². The molecule has 0 aromatic rings. The SMILES string of the molecule is N#CC(=O)C(CO)OCC=O. The first-order valence-corrected chi connectivity index (χ1v) is 2.86. The Hall–Kier alpha value is -1.25. The predicted octanol–water partition coefficient (Wildman–Crippen LogP) is -1.34. The topological polar surface area (TPSA) is 87.4 Å². The highest BCUT2D eigenvalue weighted by Crippen LogP contribution is 1.90. The molecule has 0 aromatic carbocycles. The summed E-state index contributed by atoms with van der Waals surface area (Å²) in [4.78, 5) is 20.2. The fourth-order valence-corrected chi connectivity index (χ4v) is 0.439. The normalized spacial score (nSPS) is 11.6. The molecule has 0 bridgehead atoms. The molecule has 0 aliphatic rings. The molecule has 0 rings (SSSR count). The Morgan fingerprint density at radius 3 is 2.82 bits per heavy atom. The van der Waals surface area contributed by atoms with E-state index in [-0.39, 0.29) is 6.61 Å². The van der Waals surface area contributed by atoms with Crippen molar-refractivity contribution in [3.8, 4) is 6.07 Å². The van der Waals surface area contributed by atoms with Gasteiger partial charge in [0.15, 0.2) is 6.10 Å². The van der Waals surface area contributed by atoms with Crippen molar-refractivity contribution in [2.24, 2.45) is 0 Å². The number of nitrogens with zero attached hydrogens (tertiary/aromatic N) is 1. The summed E-state index contributed by atoms with van der Waals surface area (Å²) in [5.41, 5.74) is 0. The van der Waals surface area contributed by atoms with Crippen molar-refractivity contribution in [2.45, 2.75) is 6.10 Å². The molecule has 0 saturated carbocycles. The summed E-state index contributed by atoms with van der Waals surface area (Å²) in [7, 11) is 0. The number of aliphatic hydroxyl groups is 1. The lowest BCUT2D eigenvalue weighted by molar-refractivity contribution is -0.129. The van der Waals surface area contributed by atoms with Crippen LogP contribution in [0.25, 0.3) is 0 Å². The second kappa shape index (κ2) is 5.53. The quantitative estimate of drug-likeness (QED) is 0.394. The molecule has 0 aliphatic carbocycles. The van der Waals surface area contributed by atoms with Crippen molar-refractivity contribution < 1.29 is 19.4 Å². The van der Waals surface area contributed by atoms with E-state index in [2.05, 4.69) is 4.74 Å². The molecule has 0 saturated heterocycles. The highest BCUT2D eigenvalue weighted by molar-refractivity contribution is 5.97. The zero-order valence-corrected chi connectivity index (χ0v) is 5.69. The molecule has 0 fully saturated rings. The summed E-state index contributed by atoms with van der Waals surface area (Å²) in [5, 5.41) is 16.5. The number of rotatable bonds is 5. The van der Waals surface area contributed by atoms with Gasteiger partial charge in [0.1, 0.15) is 19.0 Å². The molecule has 11 heavy (non-hydrogen) atoms. The lowest BCUT2D eigenvalue weighted by Gasteiger charge is -2.06. The highest BCUT2D eigenvalue weighted by Gasteiger charge is 2.16. The van der Waals surface area contributed by atoms with Gasteiger partial charge >= 0.3 is 0 Å². The maximum atomic E-state index is 10.5. The number of hydrogen-bond acceptors (Lipinski definition) is 5. The molecule has 0 amide bonds. The minimum Gasteiger partial charge on any atom is -0.393 e. The fraction of sp³-hybridized carbons (Fsp3) is 0.500.